The number of aromatic nitrogens is 2. The number of aromatic amines is 1. The number of thiophene rings is 1. The van der Waals surface area contributed by atoms with Gasteiger partial charge >= 0.3 is 0 Å². The summed E-state index contributed by atoms with van der Waals surface area (Å²) in [6.45, 7) is 0. The Labute approximate surface area is 200 Å². The molecule has 0 aliphatic heterocycles. The van der Waals surface area contributed by atoms with Crippen molar-refractivity contribution in [1.29, 1.82) is 0 Å². The number of rotatable bonds is 9. The van der Waals surface area contributed by atoms with E-state index in [-0.39, 0.29) is 16.5 Å². The first kappa shape index (κ1) is 23.3. The molecule has 0 aliphatic rings. The standard InChI is InChI=1S/C24H21N3O5S2/c1-31-21-15-22(32-2)19(23-4-3-13-33-23)14-17(21)7-10-20(28)16-5-8-18(9-6-16)34(29,30)27-24-11-12-25-26-24/h3-15H,1-2H3,(H2,25,26,27). The highest BCUT2D eigenvalue weighted by Crippen LogP contribution is 2.38. The van der Waals surface area contributed by atoms with Gasteiger partial charge in [-0.2, -0.15) is 5.10 Å². The number of anilines is 1. The van der Waals surface area contributed by atoms with E-state index in [1.54, 1.807) is 37.7 Å². The predicted octanol–water partition coefficient (Wildman–Crippen LogP) is 4.85. The van der Waals surface area contributed by atoms with Gasteiger partial charge in [0.1, 0.15) is 11.5 Å². The first-order chi connectivity index (χ1) is 16.4. The Kier molecular flexibility index (Phi) is 6.80. The fourth-order valence-electron chi connectivity index (χ4n) is 3.25. The van der Waals surface area contributed by atoms with Gasteiger partial charge in [0.05, 0.1) is 19.1 Å². The molecule has 8 nitrogen and oxygen atoms in total. The summed E-state index contributed by atoms with van der Waals surface area (Å²) in [6, 6.07) is 14.8. The number of H-pyrrole nitrogens is 1. The van der Waals surface area contributed by atoms with Crippen LogP contribution in [0.3, 0.4) is 0 Å². The molecule has 4 rings (SSSR count). The van der Waals surface area contributed by atoms with Crippen molar-refractivity contribution in [2.24, 2.45) is 0 Å². The van der Waals surface area contributed by atoms with Crippen LogP contribution in [0, 0.1) is 0 Å². The van der Waals surface area contributed by atoms with Gasteiger partial charge in [-0.1, -0.05) is 6.07 Å². The van der Waals surface area contributed by atoms with Crippen LogP contribution in [0.15, 0.2) is 77.1 Å². The van der Waals surface area contributed by atoms with Crippen molar-refractivity contribution in [1.82, 2.24) is 10.2 Å². The number of sulfonamides is 1. The lowest BCUT2D eigenvalue weighted by Gasteiger charge is -2.12. The fourth-order valence-corrected chi connectivity index (χ4v) is 5.00. The van der Waals surface area contributed by atoms with E-state index in [4.69, 9.17) is 9.47 Å². The van der Waals surface area contributed by atoms with Crippen LogP contribution < -0.4 is 14.2 Å². The first-order valence-electron chi connectivity index (χ1n) is 10.1. The van der Waals surface area contributed by atoms with Gasteiger partial charge < -0.3 is 9.47 Å². The van der Waals surface area contributed by atoms with Gasteiger partial charge in [-0.25, -0.2) is 8.42 Å². The second-order valence-electron chi connectivity index (χ2n) is 7.06. The Morgan fingerprint density at radius 2 is 1.82 bits per heavy atom. The molecule has 0 atom stereocenters. The molecule has 0 saturated heterocycles. The predicted molar refractivity (Wildman–Crippen MR) is 132 cm³/mol. The van der Waals surface area contributed by atoms with E-state index in [9.17, 15) is 13.2 Å². The maximum absolute atomic E-state index is 12.7. The summed E-state index contributed by atoms with van der Waals surface area (Å²) in [4.78, 5) is 13.8. The molecule has 2 aromatic carbocycles. The van der Waals surface area contributed by atoms with Crippen LogP contribution in [-0.2, 0) is 10.0 Å². The quantitative estimate of drug-likeness (QED) is 0.254. The molecule has 0 aliphatic carbocycles. The van der Waals surface area contributed by atoms with Crippen molar-refractivity contribution in [3.63, 3.8) is 0 Å². The number of hydrogen-bond donors (Lipinski definition) is 2. The molecule has 0 amide bonds. The summed E-state index contributed by atoms with van der Waals surface area (Å²) in [5.41, 5.74) is 1.95. The van der Waals surface area contributed by atoms with Crippen molar-refractivity contribution >= 4 is 39.0 Å². The van der Waals surface area contributed by atoms with Crippen LogP contribution in [0.2, 0.25) is 0 Å². The monoisotopic (exact) mass is 495 g/mol. The lowest BCUT2D eigenvalue weighted by Crippen LogP contribution is -2.13. The minimum Gasteiger partial charge on any atom is -0.496 e. The normalized spacial score (nSPS) is 11.5. The molecule has 174 valence electrons. The number of nitrogens with one attached hydrogen (secondary N) is 2. The van der Waals surface area contributed by atoms with Gasteiger partial charge in [0.25, 0.3) is 10.0 Å². The van der Waals surface area contributed by atoms with Gasteiger partial charge in [-0.05, 0) is 53.9 Å². The molecular weight excluding hydrogens is 474 g/mol. The third kappa shape index (κ3) is 5.03. The number of nitrogens with zero attached hydrogens (tertiary/aromatic N) is 1. The highest BCUT2D eigenvalue weighted by molar-refractivity contribution is 7.92. The van der Waals surface area contributed by atoms with Gasteiger partial charge in [0, 0.05) is 39.9 Å². The van der Waals surface area contributed by atoms with Crippen molar-refractivity contribution in [2.75, 3.05) is 18.9 Å². The average Bonchev–Trinajstić information content (AvgIpc) is 3.56. The lowest BCUT2D eigenvalue weighted by molar-refractivity contribution is 0.104. The van der Waals surface area contributed by atoms with Crippen LogP contribution in [0.25, 0.3) is 16.5 Å². The number of hydrogen-bond acceptors (Lipinski definition) is 7. The van der Waals surface area contributed by atoms with E-state index >= 15 is 0 Å². The van der Waals surface area contributed by atoms with Crippen molar-refractivity contribution in [2.45, 2.75) is 4.90 Å². The van der Waals surface area contributed by atoms with E-state index in [1.807, 2.05) is 23.6 Å². The summed E-state index contributed by atoms with van der Waals surface area (Å²) in [5, 5.41) is 8.29. The lowest BCUT2D eigenvalue weighted by atomic mass is 10.0. The third-order valence-electron chi connectivity index (χ3n) is 4.94. The minimum atomic E-state index is -3.81. The summed E-state index contributed by atoms with van der Waals surface area (Å²) < 4.78 is 38.3. The zero-order valence-corrected chi connectivity index (χ0v) is 19.9. The molecule has 2 aromatic heterocycles. The Morgan fingerprint density at radius 1 is 1.06 bits per heavy atom. The maximum atomic E-state index is 12.7. The summed E-state index contributed by atoms with van der Waals surface area (Å²) in [6.07, 6.45) is 4.60. The Morgan fingerprint density at radius 3 is 2.44 bits per heavy atom. The van der Waals surface area contributed by atoms with Crippen LogP contribution in [0.5, 0.6) is 11.5 Å². The minimum absolute atomic E-state index is 0.0217. The maximum Gasteiger partial charge on any atom is 0.263 e. The third-order valence-corrected chi connectivity index (χ3v) is 7.22. The smallest absolute Gasteiger partial charge is 0.263 e. The number of ketones is 1. The molecule has 0 saturated carbocycles. The summed E-state index contributed by atoms with van der Waals surface area (Å²) >= 11 is 1.58. The average molecular weight is 496 g/mol. The number of allylic oxidation sites excluding steroid dienone is 1. The highest BCUT2D eigenvalue weighted by atomic mass is 32.2. The number of ether oxygens (including phenoxy) is 2. The molecule has 4 aromatic rings. The molecule has 0 radical (unpaired) electrons. The Hall–Kier alpha value is -3.89. The molecule has 2 N–H and O–H groups in total. The number of benzene rings is 2. The van der Waals surface area contributed by atoms with Crippen molar-refractivity contribution in [3.05, 3.63) is 83.4 Å². The molecule has 0 unspecified atom stereocenters. The molecule has 0 bridgehead atoms. The molecular formula is C24H21N3O5S2. The zero-order valence-electron chi connectivity index (χ0n) is 18.3. The zero-order chi connectivity index (χ0) is 24.1. The van der Waals surface area contributed by atoms with Crippen molar-refractivity contribution < 1.29 is 22.7 Å². The first-order valence-corrected chi connectivity index (χ1v) is 12.4. The van der Waals surface area contributed by atoms with E-state index in [0.29, 0.717) is 22.6 Å². The van der Waals surface area contributed by atoms with E-state index in [0.717, 1.165) is 10.4 Å². The van der Waals surface area contributed by atoms with E-state index in [2.05, 4.69) is 14.9 Å². The molecule has 34 heavy (non-hydrogen) atoms. The Bertz CT molecular complexity index is 1410. The van der Waals surface area contributed by atoms with Crippen molar-refractivity contribution in [3.8, 4) is 21.9 Å². The van der Waals surface area contributed by atoms with E-state index < -0.39 is 10.0 Å². The largest absolute Gasteiger partial charge is 0.496 e. The number of methoxy groups -OCH3 is 2. The second-order valence-corrected chi connectivity index (χ2v) is 9.69. The van der Waals surface area contributed by atoms with E-state index in [1.165, 1.54) is 42.6 Å². The van der Waals surface area contributed by atoms with Gasteiger partial charge in [0.15, 0.2) is 11.6 Å². The van der Waals surface area contributed by atoms with Gasteiger partial charge in [0.2, 0.25) is 0 Å². The van der Waals surface area contributed by atoms with Crippen LogP contribution in [-0.4, -0.2) is 38.6 Å². The summed E-state index contributed by atoms with van der Waals surface area (Å²) in [5.74, 6) is 1.13. The number of carbonyl (C=O) groups excluding carboxylic acids is 1. The Balaban J connectivity index is 1.56. The van der Waals surface area contributed by atoms with Crippen LogP contribution in [0.4, 0.5) is 5.82 Å². The molecule has 2 heterocycles. The molecule has 0 fully saturated rings. The van der Waals surface area contributed by atoms with Gasteiger partial charge in [-0.3, -0.25) is 14.6 Å². The number of carbonyl (C=O) groups is 1. The summed E-state index contributed by atoms with van der Waals surface area (Å²) in [7, 11) is -0.665. The molecule has 10 heteroatoms. The molecule has 0 spiro atoms. The topological polar surface area (TPSA) is 110 Å². The second kappa shape index (κ2) is 9.94. The van der Waals surface area contributed by atoms with Crippen LogP contribution in [0.1, 0.15) is 15.9 Å². The SMILES string of the molecule is COc1cc(OC)c(-c2cccs2)cc1C=CC(=O)c1ccc(S(=O)(=O)Nc2cc[nH]n2)cc1. The highest BCUT2D eigenvalue weighted by Gasteiger charge is 2.16. The van der Waals surface area contributed by atoms with Crippen LogP contribution >= 0.6 is 11.3 Å². The fraction of sp³-hybridized carbons (Fsp3) is 0.0833. The van der Waals surface area contributed by atoms with Gasteiger partial charge in [-0.15, -0.1) is 11.3 Å².